The van der Waals surface area contributed by atoms with Crippen molar-refractivity contribution in [1.82, 2.24) is 10.2 Å². The minimum atomic E-state index is -0.192. The number of piperidine rings is 1. The third-order valence-electron chi connectivity index (χ3n) is 3.62. The summed E-state index contributed by atoms with van der Waals surface area (Å²) in [5, 5.41) is 4.52. The zero-order valence-corrected chi connectivity index (χ0v) is 13.7. The van der Waals surface area contributed by atoms with E-state index in [0.717, 1.165) is 25.8 Å². The molecular weight excluding hydrogens is 310 g/mol. The fourth-order valence-corrected chi connectivity index (χ4v) is 3.21. The van der Waals surface area contributed by atoms with Crippen LogP contribution in [-0.4, -0.2) is 41.9 Å². The van der Waals surface area contributed by atoms with E-state index >= 15 is 0 Å². The van der Waals surface area contributed by atoms with Gasteiger partial charge in [0.1, 0.15) is 0 Å². The zero-order chi connectivity index (χ0) is 14.5. The Hall–Kier alpha value is -1.11. The predicted molar refractivity (Wildman–Crippen MR) is 86.9 cm³/mol. The fraction of sp³-hybridized carbons (Fsp3) is 0.571. The Labute approximate surface area is 135 Å². The minimum Gasteiger partial charge on any atom is -0.342 e. The summed E-state index contributed by atoms with van der Waals surface area (Å²) in [4.78, 5) is 26.5. The predicted octanol–water partition coefficient (Wildman–Crippen LogP) is 1.63. The number of thiophene rings is 1. The van der Waals surface area contributed by atoms with Crippen molar-refractivity contribution in [3.05, 3.63) is 22.4 Å². The van der Waals surface area contributed by atoms with Gasteiger partial charge in [0.05, 0.1) is 11.4 Å². The number of amides is 2. The number of nitrogens with two attached hydrogens (primary N) is 1. The van der Waals surface area contributed by atoms with Crippen LogP contribution in [0.25, 0.3) is 0 Å². The molecule has 1 saturated heterocycles. The molecular formula is C14H22ClN3O2S. The summed E-state index contributed by atoms with van der Waals surface area (Å²) in [5.74, 6) is -0.236. The maximum absolute atomic E-state index is 12.2. The van der Waals surface area contributed by atoms with Gasteiger partial charge in [-0.25, -0.2) is 0 Å². The molecule has 2 atom stereocenters. The molecule has 0 radical (unpaired) electrons. The van der Waals surface area contributed by atoms with Crippen LogP contribution in [-0.2, 0) is 4.79 Å². The summed E-state index contributed by atoms with van der Waals surface area (Å²) in [6.45, 7) is 2.71. The van der Waals surface area contributed by atoms with Gasteiger partial charge in [-0.05, 0) is 37.6 Å². The van der Waals surface area contributed by atoms with Crippen LogP contribution in [0.5, 0.6) is 0 Å². The van der Waals surface area contributed by atoms with Crippen molar-refractivity contribution in [3.8, 4) is 0 Å². The van der Waals surface area contributed by atoms with Gasteiger partial charge in [-0.15, -0.1) is 23.7 Å². The van der Waals surface area contributed by atoms with E-state index in [-0.39, 0.29) is 42.8 Å². The normalized spacial score (nSPS) is 19.5. The average molecular weight is 332 g/mol. The fourth-order valence-electron chi connectivity index (χ4n) is 2.57. The molecule has 5 nitrogen and oxygen atoms in total. The van der Waals surface area contributed by atoms with Gasteiger partial charge in [0.15, 0.2) is 0 Å². The van der Waals surface area contributed by atoms with E-state index < -0.39 is 0 Å². The number of rotatable bonds is 4. The number of halogens is 1. The third kappa shape index (κ3) is 4.69. The summed E-state index contributed by atoms with van der Waals surface area (Å²) in [6, 6.07) is 3.62. The van der Waals surface area contributed by atoms with Crippen LogP contribution in [0.1, 0.15) is 35.9 Å². The summed E-state index contributed by atoms with van der Waals surface area (Å²) >= 11 is 1.37. The topological polar surface area (TPSA) is 75.4 Å². The van der Waals surface area contributed by atoms with Gasteiger partial charge in [-0.3, -0.25) is 9.59 Å². The van der Waals surface area contributed by atoms with E-state index in [1.165, 1.54) is 11.3 Å². The molecule has 0 aromatic carbocycles. The van der Waals surface area contributed by atoms with Gasteiger partial charge in [0.25, 0.3) is 5.91 Å². The molecule has 21 heavy (non-hydrogen) atoms. The summed E-state index contributed by atoms with van der Waals surface area (Å²) in [5.41, 5.74) is 5.95. The van der Waals surface area contributed by atoms with Crippen LogP contribution >= 0.6 is 23.7 Å². The van der Waals surface area contributed by atoms with Gasteiger partial charge in [0.2, 0.25) is 5.91 Å². The number of nitrogens with zero attached hydrogens (tertiary/aromatic N) is 1. The third-order valence-corrected chi connectivity index (χ3v) is 4.49. The second kappa shape index (κ2) is 8.36. The molecule has 1 aromatic heterocycles. The molecule has 1 fully saturated rings. The van der Waals surface area contributed by atoms with Crippen molar-refractivity contribution in [2.24, 2.45) is 5.73 Å². The molecule has 3 N–H and O–H groups in total. The Bertz CT molecular complexity index is 465. The van der Waals surface area contributed by atoms with Gasteiger partial charge in [-0.1, -0.05) is 6.07 Å². The smallest absolute Gasteiger partial charge is 0.261 e. The van der Waals surface area contributed by atoms with Crippen LogP contribution in [0.15, 0.2) is 17.5 Å². The monoisotopic (exact) mass is 331 g/mol. The largest absolute Gasteiger partial charge is 0.342 e. The lowest BCUT2D eigenvalue weighted by molar-refractivity contribution is -0.134. The first-order valence-corrected chi connectivity index (χ1v) is 7.84. The van der Waals surface area contributed by atoms with Crippen LogP contribution in [0.4, 0.5) is 0 Å². The zero-order valence-electron chi connectivity index (χ0n) is 12.1. The SMILES string of the molecule is CC(N)C1CCCCN1C(=O)CNC(=O)c1cccs1.Cl. The van der Waals surface area contributed by atoms with Crippen molar-refractivity contribution >= 4 is 35.6 Å². The Morgan fingerprint density at radius 2 is 2.29 bits per heavy atom. The summed E-state index contributed by atoms with van der Waals surface area (Å²) in [7, 11) is 0. The van der Waals surface area contributed by atoms with Gasteiger partial charge in [0, 0.05) is 18.6 Å². The Balaban J connectivity index is 0.00000220. The average Bonchev–Trinajstić information content (AvgIpc) is 2.98. The molecule has 118 valence electrons. The maximum atomic E-state index is 12.2. The summed E-state index contributed by atoms with van der Waals surface area (Å²) < 4.78 is 0. The first kappa shape index (κ1) is 17.9. The van der Waals surface area contributed by atoms with E-state index in [1.807, 2.05) is 23.3 Å². The number of hydrogen-bond donors (Lipinski definition) is 2. The molecule has 2 unspecified atom stereocenters. The summed E-state index contributed by atoms with van der Waals surface area (Å²) in [6.07, 6.45) is 3.06. The van der Waals surface area contributed by atoms with Crippen LogP contribution < -0.4 is 11.1 Å². The van der Waals surface area contributed by atoms with Crippen LogP contribution in [0.3, 0.4) is 0 Å². The molecule has 1 aromatic rings. The Morgan fingerprint density at radius 1 is 1.52 bits per heavy atom. The Morgan fingerprint density at radius 3 is 2.90 bits per heavy atom. The highest BCUT2D eigenvalue weighted by Gasteiger charge is 2.29. The van der Waals surface area contributed by atoms with E-state index in [0.29, 0.717) is 4.88 Å². The maximum Gasteiger partial charge on any atom is 0.261 e. The number of carbonyl (C=O) groups is 2. The van der Waals surface area contributed by atoms with Crippen LogP contribution in [0.2, 0.25) is 0 Å². The molecule has 0 bridgehead atoms. The molecule has 0 aliphatic carbocycles. The molecule has 2 heterocycles. The van der Waals surface area contributed by atoms with E-state index in [1.54, 1.807) is 6.07 Å². The molecule has 0 spiro atoms. The van der Waals surface area contributed by atoms with E-state index in [2.05, 4.69) is 5.32 Å². The first-order valence-electron chi connectivity index (χ1n) is 6.96. The highest BCUT2D eigenvalue weighted by atomic mass is 35.5. The molecule has 2 rings (SSSR count). The quantitative estimate of drug-likeness (QED) is 0.880. The van der Waals surface area contributed by atoms with Gasteiger partial charge in [-0.2, -0.15) is 0 Å². The van der Waals surface area contributed by atoms with Gasteiger partial charge < -0.3 is 16.0 Å². The standard InChI is InChI=1S/C14H21N3O2S.ClH/c1-10(15)11-5-2-3-7-17(11)13(18)9-16-14(19)12-6-4-8-20-12;/h4,6,8,10-11H,2-3,5,7,9,15H2,1H3,(H,16,19);1H. The molecule has 1 aliphatic rings. The van der Waals surface area contributed by atoms with E-state index in [4.69, 9.17) is 5.73 Å². The molecule has 0 saturated carbocycles. The highest BCUT2D eigenvalue weighted by Crippen LogP contribution is 2.19. The van der Waals surface area contributed by atoms with Crippen molar-refractivity contribution in [3.63, 3.8) is 0 Å². The van der Waals surface area contributed by atoms with Crippen molar-refractivity contribution in [2.45, 2.75) is 38.3 Å². The molecule has 2 amide bonds. The van der Waals surface area contributed by atoms with Gasteiger partial charge >= 0.3 is 0 Å². The molecule has 1 aliphatic heterocycles. The second-order valence-electron chi connectivity index (χ2n) is 5.17. The molecule has 7 heteroatoms. The van der Waals surface area contributed by atoms with Crippen molar-refractivity contribution in [1.29, 1.82) is 0 Å². The van der Waals surface area contributed by atoms with Crippen molar-refractivity contribution < 1.29 is 9.59 Å². The van der Waals surface area contributed by atoms with Crippen molar-refractivity contribution in [2.75, 3.05) is 13.1 Å². The first-order chi connectivity index (χ1) is 9.59. The van der Waals surface area contributed by atoms with Crippen LogP contribution in [0, 0.1) is 0 Å². The van der Waals surface area contributed by atoms with E-state index in [9.17, 15) is 9.59 Å². The number of carbonyl (C=O) groups excluding carboxylic acids is 2. The highest BCUT2D eigenvalue weighted by molar-refractivity contribution is 7.12. The lowest BCUT2D eigenvalue weighted by atomic mass is 9.97. The second-order valence-corrected chi connectivity index (χ2v) is 6.12. The number of likely N-dealkylation sites (tertiary alicyclic amines) is 1. The number of hydrogen-bond acceptors (Lipinski definition) is 4. The lowest BCUT2D eigenvalue weighted by Gasteiger charge is -2.38. The lowest BCUT2D eigenvalue weighted by Crippen LogP contribution is -2.54. The minimum absolute atomic E-state index is 0. The Kier molecular flexibility index (Phi) is 7.14. The number of nitrogens with one attached hydrogen (secondary N) is 1.